The zero-order chi connectivity index (χ0) is 18.1. The normalized spacial score (nSPS) is 11.2. The minimum atomic E-state index is -0.508. The highest BCUT2D eigenvalue weighted by atomic mass is 35.5. The van der Waals surface area contributed by atoms with Gasteiger partial charge in [0.2, 0.25) is 0 Å². The molecule has 2 aromatic carbocycles. The molecule has 0 unspecified atom stereocenters. The number of halogens is 2. The number of thioether (sulfide) groups is 1. The van der Waals surface area contributed by atoms with Crippen LogP contribution in [0.3, 0.4) is 0 Å². The Morgan fingerprint density at radius 1 is 1.27 bits per heavy atom. The first kappa shape index (κ1) is 16.9. The Morgan fingerprint density at radius 3 is 2.81 bits per heavy atom. The molecule has 0 atom stereocenters. The average Bonchev–Trinajstić information content (AvgIpc) is 3.30. The van der Waals surface area contributed by atoms with Crippen LogP contribution in [0, 0.1) is 5.82 Å². The quantitative estimate of drug-likeness (QED) is 0.418. The van der Waals surface area contributed by atoms with E-state index in [-0.39, 0.29) is 10.5 Å². The number of anilines is 1. The summed E-state index contributed by atoms with van der Waals surface area (Å²) in [6, 6.07) is 11.3. The van der Waals surface area contributed by atoms with Gasteiger partial charge < -0.3 is 10.3 Å². The van der Waals surface area contributed by atoms with Gasteiger partial charge >= 0.3 is 0 Å². The van der Waals surface area contributed by atoms with Gasteiger partial charge in [0.15, 0.2) is 11.6 Å². The maximum Gasteiger partial charge on any atom is 0.168 e. The summed E-state index contributed by atoms with van der Waals surface area (Å²) in [6.45, 7) is 0.450. The van der Waals surface area contributed by atoms with E-state index in [1.165, 1.54) is 0 Å². The summed E-state index contributed by atoms with van der Waals surface area (Å²) in [4.78, 5) is 7.48. The van der Waals surface area contributed by atoms with E-state index in [2.05, 4.69) is 25.5 Å². The van der Waals surface area contributed by atoms with Crippen molar-refractivity contribution in [1.82, 2.24) is 20.2 Å². The number of nitrogens with zero attached hydrogens (tertiary/aromatic N) is 2. The summed E-state index contributed by atoms with van der Waals surface area (Å²) >= 11 is 7.83. The van der Waals surface area contributed by atoms with Crippen LogP contribution in [0.2, 0.25) is 5.02 Å². The second kappa shape index (κ2) is 7.01. The van der Waals surface area contributed by atoms with Crippen molar-refractivity contribution in [2.45, 2.75) is 11.6 Å². The lowest BCUT2D eigenvalue weighted by Gasteiger charge is -2.07. The predicted molar refractivity (Wildman–Crippen MR) is 104 cm³/mol. The number of aromatic amines is 2. The van der Waals surface area contributed by atoms with Crippen LogP contribution < -0.4 is 5.32 Å². The van der Waals surface area contributed by atoms with Gasteiger partial charge in [0, 0.05) is 10.9 Å². The van der Waals surface area contributed by atoms with Crippen LogP contribution in [0.15, 0.2) is 47.6 Å². The first-order chi connectivity index (χ1) is 12.7. The standard InChI is InChI=1S/C18H15ClFN5S/c1-26-14-9-21-13(23-14)8-22-18-12-7-11(10-5-3-2-4-6-10)15(19)16(20)17(12)24-25-18/h2-7,9H,8H2,1H3,(H,21,23)(H2,22,24,25). The van der Waals surface area contributed by atoms with Crippen LogP contribution in [0.1, 0.15) is 5.82 Å². The van der Waals surface area contributed by atoms with E-state index < -0.39 is 5.82 Å². The van der Waals surface area contributed by atoms with Crippen LogP contribution in [-0.4, -0.2) is 26.4 Å². The van der Waals surface area contributed by atoms with Crippen LogP contribution >= 0.6 is 23.4 Å². The number of imidazole rings is 1. The molecule has 0 saturated carbocycles. The smallest absolute Gasteiger partial charge is 0.168 e. The molecular formula is C18H15ClFN5S. The van der Waals surface area contributed by atoms with Crippen molar-refractivity contribution in [3.63, 3.8) is 0 Å². The number of fused-ring (bicyclic) bond motifs is 1. The average molecular weight is 388 g/mol. The number of aromatic nitrogens is 4. The van der Waals surface area contributed by atoms with E-state index in [9.17, 15) is 4.39 Å². The number of H-pyrrole nitrogens is 2. The molecule has 26 heavy (non-hydrogen) atoms. The first-order valence-electron chi connectivity index (χ1n) is 7.90. The summed E-state index contributed by atoms with van der Waals surface area (Å²) in [5.41, 5.74) is 1.76. The molecule has 2 aromatic heterocycles. The molecule has 8 heteroatoms. The molecular weight excluding hydrogens is 373 g/mol. The highest BCUT2D eigenvalue weighted by molar-refractivity contribution is 7.98. The molecule has 0 bridgehead atoms. The molecule has 0 aliphatic carbocycles. The zero-order valence-corrected chi connectivity index (χ0v) is 15.4. The molecule has 5 nitrogen and oxygen atoms in total. The maximum absolute atomic E-state index is 14.7. The summed E-state index contributed by atoms with van der Waals surface area (Å²) in [6.07, 6.45) is 3.75. The minimum Gasteiger partial charge on any atom is -0.361 e. The second-order valence-electron chi connectivity index (χ2n) is 5.66. The van der Waals surface area contributed by atoms with Crippen molar-refractivity contribution in [3.8, 4) is 11.1 Å². The Hall–Kier alpha value is -2.51. The van der Waals surface area contributed by atoms with E-state index >= 15 is 0 Å². The summed E-state index contributed by atoms with van der Waals surface area (Å²) < 4.78 is 14.7. The summed E-state index contributed by atoms with van der Waals surface area (Å²) in [5, 5.41) is 11.8. The molecule has 0 aliphatic rings. The monoisotopic (exact) mass is 387 g/mol. The Bertz CT molecular complexity index is 1060. The highest BCUT2D eigenvalue weighted by Crippen LogP contribution is 2.36. The highest BCUT2D eigenvalue weighted by Gasteiger charge is 2.17. The summed E-state index contributed by atoms with van der Waals surface area (Å²) in [5.74, 6) is 0.823. The fourth-order valence-electron chi connectivity index (χ4n) is 2.76. The van der Waals surface area contributed by atoms with Gasteiger partial charge in [-0.1, -0.05) is 41.9 Å². The minimum absolute atomic E-state index is 0.0783. The van der Waals surface area contributed by atoms with E-state index in [0.717, 1.165) is 16.4 Å². The molecule has 4 rings (SSSR count). The third kappa shape index (κ3) is 3.04. The van der Waals surface area contributed by atoms with Crippen molar-refractivity contribution in [2.75, 3.05) is 11.6 Å². The molecule has 0 saturated heterocycles. The van der Waals surface area contributed by atoms with Crippen molar-refractivity contribution in [2.24, 2.45) is 0 Å². The van der Waals surface area contributed by atoms with Crippen molar-refractivity contribution in [3.05, 3.63) is 59.3 Å². The number of hydrogen-bond acceptors (Lipinski definition) is 4. The lowest BCUT2D eigenvalue weighted by atomic mass is 10.0. The lowest BCUT2D eigenvalue weighted by molar-refractivity contribution is 0.637. The zero-order valence-electron chi connectivity index (χ0n) is 13.8. The molecule has 0 fully saturated rings. The van der Waals surface area contributed by atoms with E-state index in [4.69, 9.17) is 11.6 Å². The SMILES string of the molecule is CSc1cnc(CNc2n[nH]c3c(F)c(Cl)c(-c4ccccc4)cc23)[nH]1. The van der Waals surface area contributed by atoms with Gasteiger partial charge in [-0.15, -0.1) is 11.8 Å². The topological polar surface area (TPSA) is 69.4 Å². The molecule has 3 N–H and O–H groups in total. The molecule has 0 radical (unpaired) electrons. The van der Waals surface area contributed by atoms with Crippen molar-refractivity contribution < 1.29 is 4.39 Å². The number of rotatable bonds is 5. The number of benzene rings is 2. The van der Waals surface area contributed by atoms with Crippen LogP contribution in [0.4, 0.5) is 10.2 Å². The Labute approximate surface area is 158 Å². The largest absolute Gasteiger partial charge is 0.361 e. The van der Waals surface area contributed by atoms with Gasteiger partial charge in [0.05, 0.1) is 22.8 Å². The lowest BCUT2D eigenvalue weighted by Crippen LogP contribution is -2.02. The number of nitrogens with one attached hydrogen (secondary N) is 3. The van der Waals surface area contributed by atoms with Gasteiger partial charge in [-0.3, -0.25) is 5.10 Å². The van der Waals surface area contributed by atoms with Gasteiger partial charge in [-0.05, 0) is 17.9 Å². The van der Waals surface area contributed by atoms with E-state index in [1.54, 1.807) is 18.0 Å². The van der Waals surface area contributed by atoms with Crippen LogP contribution in [0.5, 0.6) is 0 Å². The van der Waals surface area contributed by atoms with Gasteiger partial charge in [-0.2, -0.15) is 5.10 Å². The first-order valence-corrected chi connectivity index (χ1v) is 9.51. The van der Waals surface area contributed by atoms with Gasteiger partial charge in [0.25, 0.3) is 0 Å². The van der Waals surface area contributed by atoms with Crippen LogP contribution in [0.25, 0.3) is 22.0 Å². The maximum atomic E-state index is 14.7. The predicted octanol–water partition coefficient (Wildman–Crippen LogP) is 5.08. The molecule has 0 amide bonds. The summed E-state index contributed by atoms with van der Waals surface area (Å²) in [7, 11) is 0. The van der Waals surface area contributed by atoms with Gasteiger partial charge in [-0.25, -0.2) is 9.37 Å². The van der Waals surface area contributed by atoms with E-state index in [1.807, 2.05) is 42.7 Å². The van der Waals surface area contributed by atoms with Gasteiger partial charge in [0.1, 0.15) is 11.3 Å². The van der Waals surface area contributed by atoms with Crippen LogP contribution in [-0.2, 0) is 6.54 Å². The molecule has 132 valence electrons. The second-order valence-corrected chi connectivity index (χ2v) is 6.89. The molecule has 0 spiro atoms. The molecule has 0 aliphatic heterocycles. The number of hydrogen-bond donors (Lipinski definition) is 3. The molecule has 2 heterocycles. The van der Waals surface area contributed by atoms with Crippen molar-refractivity contribution in [1.29, 1.82) is 0 Å². The Kier molecular flexibility index (Phi) is 4.57. The molecule has 4 aromatic rings. The third-order valence-corrected chi connectivity index (χ3v) is 5.09. The Balaban J connectivity index is 1.71. The fraction of sp³-hybridized carbons (Fsp3) is 0.111. The van der Waals surface area contributed by atoms with Crippen molar-refractivity contribution >= 4 is 40.1 Å². The Morgan fingerprint density at radius 2 is 2.08 bits per heavy atom. The fourth-order valence-corrected chi connectivity index (χ4v) is 3.40. The van der Waals surface area contributed by atoms with E-state index in [0.29, 0.717) is 23.3 Å². The third-order valence-electron chi connectivity index (χ3n) is 4.07.